The quantitative estimate of drug-likeness (QED) is 0.845. The monoisotopic (exact) mass is 325 g/mol. The lowest BCUT2D eigenvalue weighted by atomic mass is 10.2. The van der Waals surface area contributed by atoms with Crippen LogP contribution in [0.1, 0.15) is 43.1 Å². The van der Waals surface area contributed by atoms with E-state index in [0.29, 0.717) is 18.3 Å². The predicted molar refractivity (Wildman–Crippen MR) is 94.9 cm³/mol. The summed E-state index contributed by atoms with van der Waals surface area (Å²) in [5.74, 6) is 0.700. The summed E-state index contributed by atoms with van der Waals surface area (Å²) in [6.45, 7) is 2.56. The molecule has 1 amide bonds. The standard InChI is InChI=1S/C19H23N3O2/c1-2-24-18-10-6-5-9-16(18)21-15-11-12-17(20-13-15)19(23)22-14-7-3-4-8-14/h5-6,9-14,21H,2-4,7-8H2,1H3,(H,22,23). The van der Waals surface area contributed by atoms with E-state index in [9.17, 15) is 4.79 Å². The third-order valence-corrected chi connectivity index (χ3v) is 4.15. The van der Waals surface area contributed by atoms with E-state index < -0.39 is 0 Å². The maximum atomic E-state index is 12.2. The van der Waals surface area contributed by atoms with Crippen LogP contribution in [-0.4, -0.2) is 23.5 Å². The van der Waals surface area contributed by atoms with Crippen LogP contribution in [0.2, 0.25) is 0 Å². The van der Waals surface area contributed by atoms with Crippen molar-refractivity contribution in [1.82, 2.24) is 10.3 Å². The Hall–Kier alpha value is -2.56. The van der Waals surface area contributed by atoms with E-state index in [2.05, 4.69) is 15.6 Å². The van der Waals surface area contributed by atoms with Crippen LogP contribution in [-0.2, 0) is 0 Å². The van der Waals surface area contributed by atoms with E-state index in [1.54, 1.807) is 12.3 Å². The highest BCUT2D eigenvalue weighted by Crippen LogP contribution is 2.27. The van der Waals surface area contributed by atoms with E-state index >= 15 is 0 Å². The van der Waals surface area contributed by atoms with Gasteiger partial charge in [-0.2, -0.15) is 0 Å². The molecule has 126 valence electrons. The van der Waals surface area contributed by atoms with Gasteiger partial charge in [0.2, 0.25) is 0 Å². The van der Waals surface area contributed by atoms with Crippen LogP contribution < -0.4 is 15.4 Å². The molecule has 0 atom stereocenters. The molecule has 1 aromatic heterocycles. The molecule has 0 bridgehead atoms. The average Bonchev–Trinajstić information content (AvgIpc) is 3.10. The molecule has 5 nitrogen and oxygen atoms in total. The number of carbonyl (C=O) groups is 1. The van der Waals surface area contributed by atoms with E-state index in [4.69, 9.17) is 4.74 Å². The number of carbonyl (C=O) groups excluding carboxylic acids is 1. The molecule has 0 spiro atoms. The number of nitrogens with zero attached hydrogens (tertiary/aromatic N) is 1. The summed E-state index contributed by atoms with van der Waals surface area (Å²) in [6, 6.07) is 11.7. The lowest BCUT2D eigenvalue weighted by Crippen LogP contribution is -2.33. The highest BCUT2D eigenvalue weighted by Gasteiger charge is 2.18. The van der Waals surface area contributed by atoms with Crippen LogP contribution in [0, 0.1) is 0 Å². The van der Waals surface area contributed by atoms with Gasteiger partial charge in [-0.1, -0.05) is 25.0 Å². The van der Waals surface area contributed by atoms with E-state index in [-0.39, 0.29) is 5.91 Å². The summed E-state index contributed by atoms with van der Waals surface area (Å²) in [4.78, 5) is 16.5. The molecule has 1 fully saturated rings. The van der Waals surface area contributed by atoms with Crippen molar-refractivity contribution in [3.8, 4) is 5.75 Å². The van der Waals surface area contributed by atoms with Gasteiger partial charge in [0.15, 0.2) is 0 Å². The Kier molecular flexibility index (Phi) is 5.31. The second kappa shape index (κ2) is 7.81. The van der Waals surface area contributed by atoms with Gasteiger partial charge in [-0.05, 0) is 44.0 Å². The number of hydrogen-bond acceptors (Lipinski definition) is 4. The zero-order valence-electron chi connectivity index (χ0n) is 13.9. The van der Waals surface area contributed by atoms with Gasteiger partial charge in [0.25, 0.3) is 5.91 Å². The molecule has 24 heavy (non-hydrogen) atoms. The van der Waals surface area contributed by atoms with E-state index in [1.807, 2.05) is 37.3 Å². The molecular formula is C19H23N3O2. The number of hydrogen-bond donors (Lipinski definition) is 2. The van der Waals surface area contributed by atoms with Crippen molar-refractivity contribution in [2.45, 2.75) is 38.6 Å². The van der Waals surface area contributed by atoms with Crippen LogP contribution in [0.15, 0.2) is 42.6 Å². The Bertz CT molecular complexity index is 679. The molecule has 3 rings (SSSR count). The van der Waals surface area contributed by atoms with Crippen molar-refractivity contribution < 1.29 is 9.53 Å². The number of nitrogens with one attached hydrogen (secondary N) is 2. The lowest BCUT2D eigenvalue weighted by Gasteiger charge is -2.13. The number of anilines is 2. The summed E-state index contributed by atoms with van der Waals surface area (Å²) in [7, 11) is 0. The SMILES string of the molecule is CCOc1ccccc1Nc1ccc(C(=O)NC2CCCC2)nc1. The maximum Gasteiger partial charge on any atom is 0.270 e. The molecule has 2 N–H and O–H groups in total. The third kappa shape index (κ3) is 4.04. The fourth-order valence-corrected chi connectivity index (χ4v) is 2.94. The van der Waals surface area contributed by atoms with Crippen molar-refractivity contribution in [2.24, 2.45) is 0 Å². The summed E-state index contributed by atoms with van der Waals surface area (Å²) in [5, 5.41) is 6.33. The first-order valence-corrected chi connectivity index (χ1v) is 8.52. The highest BCUT2D eigenvalue weighted by atomic mass is 16.5. The Morgan fingerprint density at radius 1 is 1.21 bits per heavy atom. The van der Waals surface area contributed by atoms with Gasteiger partial charge < -0.3 is 15.4 Å². The van der Waals surface area contributed by atoms with Crippen LogP contribution in [0.3, 0.4) is 0 Å². The summed E-state index contributed by atoms with van der Waals surface area (Å²) >= 11 is 0. The predicted octanol–water partition coefficient (Wildman–Crippen LogP) is 3.90. The van der Waals surface area contributed by atoms with Crippen molar-refractivity contribution >= 4 is 17.3 Å². The summed E-state index contributed by atoms with van der Waals surface area (Å²) < 4.78 is 5.60. The van der Waals surface area contributed by atoms with Gasteiger partial charge in [0.05, 0.1) is 24.2 Å². The Labute approximate surface area is 142 Å². The van der Waals surface area contributed by atoms with Crippen LogP contribution >= 0.6 is 0 Å². The Morgan fingerprint density at radius 2 is 2.00 bits per heavy atom. The number of pyridine rings is 1. The highest BCUT2D eigenvalue weighted by molar-refractivity contribution is 5.92. The molecule has 0 unspecified atom stereocenters. The van der Waals surface area contributed by atoms with Gasteiger partial charge in [-0.3, -0.25) is 4.79 Å². The molecule has 1 aliphatic rings. The second-order valence-corrected chi connectivity index (χ2v) is 5.94. The lowest BCUT2D eigenvalue weighted by molar-refractivity contribution is 0.0933. The van der Waals surface area contributed by atoms with Crippen LogP contribution in [0.4, 0.5) is 11.4 Å². The minimum atomic E-state index is -0.0943. The third-order valence-electron chi connectivity index (χ3n) is 4.15. The van der Waals surface area contributed by atoms with E-state index in [0.717, 1.165) is 30.0 Å². The molecule has 1 saturated carbocycles. The summed E-state index contributed by atoms with van der Waals surface area (Å²) in [6.07, 6.45) is 6.20. The molecule has 0 radical (unpaired) electrons. The number of para-hydroxylation sites is 2. The molecule has 0 aliphatic heterocycles. The maximum absolute atomic E-state index is 12.2. The number of amides is 1. The molecule has 5 heteroatoms. The normalized spacial score (nSPS) is 14.4. The van der Waals surface area contributed by atoms with Gasteiger partial charge in [-0.15, -0.1) is 0 Å². The minimum absolute atomic E-state index is 0.0943. The molecule has 1 aliphatic carbocycles. The Morgan fingerprint density at radius 3 is 2.71 bits per heavy atom. The Balaban J connectivity index is 1.65. The first-order valence-electron chi connectivity index (χ1n) is 8.52. The van der Waals surface area contributed by atoms with Crippen molar-refractivity contribution in [2.75, 3.05) is 11.9 Å². The number of aromatic nitrogens is 1. The van der Waals surface area contributed by atoms with Crippen LogP contribution in [0.5, 0.6) is 5.75 Å². The zero-order chi connectivity index (χ0) is 16.8. The van der Waals surface area contributed by atoms with Crippen molar-refractivity contribution in [3.63, 3.8) is 0 Å². The van der Waals surface area contributed by atoms with Gasteiger partial charge in [0, 0.05) is 6.04 Å². The minimum Gasteiger partial charge on any atom is -0.492 e. The zero-order valence-corrected chi connectivity index (χ0v) is 13.9. The largest absolute Gasteiger partial charge is 0.492 e. The fraction of sp³-hybridized carbons (Fsp3) is 0.368. The van der Waals surface area contributed by atoms with Crippen LogP contribution in [0.25, 0.3) is 0 Å². The second-order valence-electron chi connectivity index (χ2n) is 5.94. The first kappa shape index (κ1) is 16.3. The van der Waals surface area contributed by atoms with Crippen molar-refractivity contribution in [1.29, 1.82) is 0 Å². The molecule has 1 heterocycles. The van der Waals surface area contributed by atoms with E-state index in [1.165, 1.54) is 12.8 Å². The molecule has 2 aromatic rings. The number of ether oxygens (including phenoxy) is 1. The molecule has 1 aromatic carbocycles. The van der Waals surface area contributed by atoms with Gasteiger partial charge in [0.1, 0.15) is 11.4 Å². The molecular weight excluding hydrogens is 302 g/mol. The number of rotatable bonds is 6. The topological polar surface area (TPSA) is 63.2 Å². The average molecular weight is 325 g/mol. The van der Waals surface area contributed by atoms with Gasteiger partial charge in [-0.25, -0.2) is 4.98 Å². The van der Waals surface area contributed by atoms with Crippen molar-refractivity contribution in [3.05, 3.63) is 48.3 Å². The fourth-order valence-electron chi connectivity index (χ4n) is 2.94. The van der Waals surface area contributed by atoms with Gasteiger partial charge >= 0.3 is 0 Å². The number of benzene rings is 1. The first-order chi connectivity index (χ1) is 11.8. The molecule has 0 saturated heterocycles. The smallest absolute Gasteiger partial charge is 0.270 e. The summed E-state index contributed by atoms with van der Waals surface area (Å²) in [5.41, 5.74) is 2.15.